The van der Waals surface area contributed by atoms with E-state index in [2.05, 4.69) is 20.8 Å². The molecule has 1 atom stereocenters. The molecule has 0 spiro atoms. The van der Waals surface area contributed by atoms with Gasteiger partial charge in [0.05, 0.1) is 5.37 Å². The highest BCUT2D eigenvalue weighted by Crippen LogP contribution is 2.14. The van der Waals surface area contributed by atoms with E-state index in [1.54, 1.807) is 0 Å². The lowest BCUT2D eigenvalue weighted by atomic mass is 10.5. The molecule has 2 heteroatoms. The SMILES string of the molecule is CCC(N)SC(C)C. The van der Waals surface area contributed by atoms with Gasteiger partial charge < -0.3 is 5.73 Å². The summed E-state index contributed by atoms with van der Waals surface area (Å²) >= 11 is 1.83. The maximum Gasteiger partial charge on any atom is 0.0507 e. The molecule has 0 heterocycles. The van der Waals surface area contributed by atoms with Crippen LogP contribution >= 0.6 is 11.8 Å². The topological polar surface area (TPSA) is 26.0 Å². The van der Waals surface area contributed by atoms with Crippen molar-refractivity contribution in [3.63, 3.8) is 0 Å². The maximum absolute atomic E-state index is 5.64. The highest BCUT2D eigenvalue weighted by molar-refractivity contribution is 8.00. The molecule has 0 saturated heterocycles. The van der Waals surface area contributed by atoms with E-state index in [0.717, 1.165) is 6.42 Å². The second-order valence-electron chi connectivity index (χ2n) is 2.13. The minimum Gasteiger partial charge on any atom is -0.319 e. The van der Waals surface area contributed by atoms with Crippen LogP contribution in [0, 0.1) is 0 Å². The van der Waals surface area contributed by atoms with Crippen molar-refractivity contribution < 1.29 is 0 Å². The van der Waals surface area contributed by atoms with Gasteiger partial charge in [0.25, 0.3) is 0 Å². The van der Waals surface area contributed by atoms with Gasteiger partial charge in [-0.15, -0.1) is 11.8 Å². The average molecular weight is 133 g/mol. The lowest BCUT2D eigenvalue weighted by Gasteiger charge is -2.09. The van der Waals surface area contributed by atoms with E-state index in [-0.39, 0.29) is 0 Å². The third kappa shape index (κ3) is 4.47. The molecule has 8 heavy (non-hydrogen) atoms. The van der Waals surface area contributed by atoms with Gasteiger partial charge in [0.2, 0.25) is 0 Å². The fourth-order valence-electron chi connectivity index (χ4n) is 0.446. The Hall–Kier alpha value is 0.310. The van der Waals surface area contributed by atoms with Gasteiger partial charge in [-0.3, -0.25) is 0 Å². The minimum absolute atomic E-state index is 0.343. The Bertz CT molecular complexity index is 54.5. The van der Waals surface area contributed by atoms with E-state index < -0.39 is 0 Å². The van der Waals surface area contributed by atoms with E-state index in [1.807, 2.05) is 11.8 Å². The van der Waals surface area contributed by atoms with Crippen molar-refractivity contribution >= 4 is 11.8 Å². The van der Waals surface area contributed by atoms with Gasteiger partial charge in [0.1, 0.15) is 0 Å². The van der Waals surface area contributed by atoms with Gasteiger partial charge in [-0.05, 0) is 6.42 Å². The number of rotatable bonds is 3. The lowest BCUT2D eigenvalue weighted by Crippen LogP contribution is -2.15. The van der Waals surface area contributed by atoms with Gasteiger partial charge in [-0.2, -0.15) is 0 Å². The normalized spacial score (nSPS) is 14.6. The van der Waals surface area contributed by atoms with Gasteiger partial charge >= 0.3 is 0 Å². The van der Waals surface area contributed by atoms with Crippen molar-refractivity contribution in [3.05, 3.63) is 0 Å². The minimum atomic E-state index is 0.343. The van der Waals surface area contributed by atoms with Gasteiger partial charge in [0.15, 0.2) is 0 Å². The molecule has 2 N–H and O–H groups in total. The molecule has 1 nitrogen and oxygen atoms in total. The van der Waals surface area contributed by atoms with Crippen molar-refractivity contribution in [2.24, 2.45) is 5.73 Å². The summed E-state index contributed by atoms with van der Waals surface area (Å²) in [5.74, 6) is 0. The van der Waals surface area contributed by atoms with Gasteiger partial charge in [-0.25, -0.2) is 0 Å². The fourth-order valence-corrected chi connectivity index (χ4v) is 1.34. The summed E-state index contributed by atoms with van der Waals surface area (Å²) in [6.45, 7) is 6.44. The van der Waals surface area contributed by atoms with Crippen LogP contribution in [0.1, 0.15) is 27.2 Å². The molecular weight excluding hydrogens is 118 g/mol. The number of nitrogens with two attached hydrogens (primary N) is 1. The smallest absolute Gasteiger partial charge is 0.0507 e. The molecule has 0 aromatic rings. The van der Waals surface area contributed by atoms with E-state index in [0.29, 0.717) is 10.6 Å². The highest BCUT2D eigenvalue weighted by Gasteiger charge is 2.00. The van der Waals surface area contributed by atoms with Gasteiger partial charge in [0, 0.05) is 5.25 Å². The molecule has 0 rings (SSSR count). The first-order valence-electron chi connectivity index (χ1n) is 3.07. The zero-order valence-corrected chi connectivity index (χ0v) is 6.66. The van der Waals surface area contributed by atoms with E-state index in [4.69, 9.17) is 5.73 Å². The standard InChI is InChI=1S/C6H15NS/c1-4-6(7)8-5(2)3/h5-6H,4,7H2,1-3H3. The fraction of sp³-hybridized carbons (Fsp3) is 1.00. The quantitative estimate of drug-likeness (QED) is 0.594. The second-order valence-corrected chi connectivity index (χ2v) is 3.95. The molecule has 0 amide bonds. The third-order valence-corrected chi connectivity index (χ3v) is 2.08. The monoisotopic (exact) mass is 133 g/mol. The van der Waals surface area contributed by atoms with E-state index in [9.17, 15) is 0 Å². The second kappa shape index (κ2) is 4.21. The van der Waals surface area contributed by atoms with Crippen LogP contribution in [0.5, 0.6) is 0 Å². The van der Waals surface area contributed by atoms with Crippen LogP contribution in [0.25, 0.3) is 0 Å². The largest absolute Gasteiger partial charge is 0.319 e. The molecule has 0 aromatic carbocycles. The van der Waals surface area contributed by atoms with Crippen LogP contribution in [-0.4, -0.2) is 10.6 Å². The van der Waals surface area contributed by atoms with Crippen LogP contribution in [0.3, 0.4) is 0 Å². The van der Waals surface area contributed by atoms with Gasteiger partial charge in [-0.1, -0.05) is 20.8 Å². The molecular formula is C6H15NS. The van der Waals surface area contributed by atoms with Crippen molar-refractivity contribution in [1.82, 2.24) is 0 Å². The molecule has 0 aliphatic heterocycles. The molecule has 0 fully saturated rings. The summed E-state index contributed by atoms with van der Waals surface area (Å²) in [6.07, 6.45) is 1.07. The predicted molar refractivity (Wildman–Crippen MR) is 41.0 cm³/mol. The van der Waals surface area contributed by atoms with E-state index in [1.165, 1.54) is 0 Å². The zero-order chi connectivity index (χ0) is 6.57. The molecule has 0 bridgehead atoms. The number of thioether (sulfide) groups is 1. The summed E-state index contributed by atoms with van der Waals surface area (Å²) in [5, 5.41) is 1.01. The summed E-state index contributed by atoms with van der Waals surface area (Å²) in [4.78, 5) is 0. The van der Waals surface area contributed by atoms with Crippen LogP contribution in [0.2, 0.25) is 0 Å². The van der Waals surface area contributed by atoms with Crippen molar-refractivity contribution in [2.45, 2.75) is 37.8 Å². The Labute approximate surface area is 56.0 Å². The Kier molecular flexibility index (Phi) is 4.38. The van der Waals surface area contributed by atoms with Crippen molar-refractivity contribution in [2.75, 3.05) is 0 Å². The van der Waals surface area contributed by atoms with E-state index >= 15 is 0 Å². The van der Waals surface area contributed by atoms with Crippen molar-refractivity contribution in [3.8, 4) is 0 Å². The predicted octanol–water partition coefficient (Wildman–Crippen LogP) is 1.82. The lowest BCUT2D eigenvalue weighted by molar-refractivity contribution is 0.860. The molecule has 50 valence electrons. The molecule has 0 aliphatic rings. The van der Waals surface area contributed by atoms with Crippen LogP contribution in [0.15, 0.2) is 0 Å². The van der Waals surface area contributed by atoms with Crippen LogP contribution < -0.4 is 5.73 Å². The Morgan fingerprint density at radius 3 is 2.12 bits per heavy atom. The summed E-state index contributed by atoms with van der Waals surface area (Å²) in [7, 11) is 0. The third-order valence-electron chi connectivity index (χ3n) is 0.849. The maximum atomic E-state index is 5.64. The average Bonchev–Trinajstić information content (AvgIpc) is 1.65. The highest BCUT2D eigenvalue weighted by atomic mass is 32.2. The molecule has 0 aromatic heterocycles. The first-order chi connectivity index (χ1) is 3.66. The number of hydrogen-bond acceptors (Lipinski definition) is 2. The molecule has 1 unspecified atom stereocenters. The molecule has 0 aliphatic carbocycles. The molecule has 0 radical (unpaired) electrons. The van der Waals surface area contributed by atoms with Crippen LogP contribution in [0.4, 0.5) is 0 Å². The first-order valence-corrected chi connectivity index (χ1v) is 4.02. The summed E-state index contributed by atoms with van der Waals surface area (Å²) in [5.41, 5.74) is 5.64. The summed E-state index contributed by atoms with van der Waals surface area (Å²) in [6, 6.07) is 0. The zero-order valence-electron chi connectivity index (χ0n) is 5.85. The Morgan fingerprint density at radius 2 is 2.00 bits per heavy atom. The Balaban J connectivity index is 3.10. The number of hydrogen-bond donors (Lipinski definition) is 1. The van der Waals surface area contributed by atoms with Crippen LogP contribution in [-0.2, 0) is 0 Å². The first kappa shape index (κ1) is 8.31. The summed E-state index contributed by atoms with van der Waals surface area (Å²) < 4.78 is 0. The molecule has 0 saturated carbocycles. The Morgan fingerprint density at radius 1 is 1.50 bits per heavy atom. The van der Waals surface area contributed by atoms with Crippen molar-refractivity contribution in [1.29, 1.82) is 0 Å².